The minimum absolute atomic E-state index is 0.0207. The summed E-state index contributed by atoms with van der Waals surface area (Å²) in [4.78, 5) is 16.8. The highest BCUT2D eigenvalue weighted by molar-refractivity contribution is 5.64. The summed E-state index contributed by atoms with van der Waals surface area (Å²) in [6.45, 7) is -0.588. The van der Waals surface area contributed by atoms with Gasteiger partial charge in [0.25, 0.3) is 0 Å². The molecule has 9 heteroatoms. The molecule has 29 heavy (non-hydrogen) atoms. The molecule has 3 aliphatic heterocycles. The Labute approximate surface area is 175 Å². The van der Waals surface area contributed by atoms with E-state index >= 15 is 0 Å². The van der Waals surface area contributed by atoms with Crippen LogP contribution >= 0.6 is 0 Å². The topological polar surface area (TPSA) is 107 Å². The summed E-state index contributed by atoms with van der Waals surface area (Å²) in [7, 11) is -2.61. The molecule has 6 heterocycles. The number of anilines is 1. The van der Waals surface area contributed by atoms with E-state index in [2.05, 4.69) is 30.0 Å². The van der Waals surface area contributed by atoms with Crippen LogP contribution < -0.4 is 9.64 Å². The van der Waals surface area contributed by atoms with Gasteiger partial charge in [-0.1, -0.05) is 6.07 Å². The number of fused-ring (bicyclic) bond motifs is 2. The Hall–Kier alpha value is -3.51. The van der Waals surface area contributed by atoms with Crippen molar-refractivity contribution < 1.29 is 11.6 Å². The second-order valence-electron chi connectivity index (χ2n) is 6.98. The predicted molar refractivity (Wildman–Crippen MR) is 105 cm³/mol. The Kier molecular flexibility index (Phi) is 3.17. The van der Waals surface area contributed by atoms with Crippen molar-refractivity contribution in [3.8, 4) is 23.2 Å². The highest BCUT2D eigenvalue weighted by Crippen LogP contribution is 2.35. The van der Waals surface area contributed by atoms with Crippen LogP contribution in [-0.4, -0.2) is 62.3 Å². The normalized spacial score (nSPS) is 24.2. The fourth-order valence-corrected chi connectivity index (χ4v) is 3.82. The smallest absolute Gasteiger partial charge is 0.212 e. The molecular formula is C20H20N8O. The van der Waals surface area contributed by atoms with Crippen LogP contribution in [0.15, 0.2) is 36.9 Å². The minimum atomic E-state index is -2.61. The zero-order valence-corrected chi connectivity index (χ0v) is 15.3. The third-order valence-corrected chi connectivity index (χ3v) is 5.28. The van der Waals surface area contributed by atoms with E-state index in [9.17, 15) is 0 Å². The number of piperidine rings is 1. The average Bonchev–Trinajstić information content (AvgIpc) is 3.27. The summed E-state index contributed by atoms with van der Waals surface area (Å²) in [5.41, 5.74) is 1.80. The Morgan fingerprint density at radius 2 is 2.14 bits per heavy atom. The lowest BCUT2D eigenvalue weighted by Gasteiger charge is -2.56. The molecule has 2 bridgehead atoms. The molecular weight excluding hydrogens is 368 g/mol. The predicted octanol–water partition coefficient (Wildman–Crippen LogP) is 1.61. The van der Waals surface area contributed by atoms with Gasteiger partial charge in [0.2, 0.25) is 5.88 Å². The molecule has 3 aromatic heterocycles. The molecule has 0 radical (unpaired) electrons. The second-order valence-corrected chi connectivity index (χ2v) is 6.98. The van der Waals surface area contributed by atoms with Crippen LogP contribution in [0.1, 0.15) is 24.5 Å². The van der Waals surface area contributed by atoms with Gasteiger partial charge >= 0.3 is 0 Å². The molecule has 2 atom stereocenters. The van der Waals surface area contributed by atoms with Crippen LogP contribution in [0.4, 0.5) is 5.82 Å². The summed E-state index contributed by atoms with van der Waals surface area (Å²) in [6.07, 6.45) is 6.99. The molecule has 9 nitrogen and oxygen atoms in total. The van der Waals surface area contributed by atoms with Gasteiger partial charge in [-0.2, -0.15) is 10.4 Å². The fraction of sp³-hybridized carbons (Fsp3) is 0.350. The van der Waals surface area contributed by atoms with Gasteiger partial charge in [-0.15, -0.1) is 0 Å². The number of hydrogen-bond donors (Lipinski definition) is 1. The van der Waals surface area contributed by atoms with Gasteiger partial charge in [0, 0.05) is 46.7 Å². The zero-order valence-electron chi connectivity index (χ0n) is 20.3. The molecule has 3 fully saturated rings. The first-order valence-corrected chi connectivity index (χ1v) is 9.10. The van der Waals surface area contributed by atoms with Crippen LogP contribution in [0.3, 0.4) is 0 Å². The van der Waals surface area contributed by atoms with Crippen molar-refractivity contribution in [2.45, 2.75) is 25.0 Å². The van der Waals surface area contributed by atoms with E-state index in [-0.39, 0.29) is 18.0 Å². The molecule has 3 aromatic rings. The molecule has 1 N–H and O–H groups in total. The molecule has 0 aromatic carbocycles. The fourth-order valence-electron chi connectivity index (χ4n) is 3.82. The molecule has 3 aliphatic rings. The second kappa shape index (κ2) is 7.14. The van der Waals surface area contributed by atoms with Crippen LogP contribution in [0.5, 0.6) is 5.88 Å². The first kappa shape index (κ1) is 12.9. The van der Waals surface area contributed by atoms with E-state index < -0.39 is 13.5 Å². The van der Waals surface area contributed by atoms with Gasteiger partial charge in [0.1, 0.15) is 17.6 Å². The average molecular weight is 393 g/mol. The number of aromatic amines is 1. The molecule has 0 saturated carbocycles. The largest absolute Gasteiger partial charge is 0.481 e. The number of aromatic nitrogens is 5. The van der Waals surface area contributed by atoms with E-state index in [1.807, 2.05) is 11.0 Å². The van der Waals surface area contributed by atoms with E-state index in [0.29, 0.717) is 41.4 Å². The maximum atomic E-state index is 9.15. The summed E-state index contributed by atoms with van der Waals surface area (Å²) in [5, 5.41) is 15.6. The van der Waals surface area contributed by atoms with Gasteiger partial charge < -0.3 is 9.64 Å². The Bertz CT molecular complexity index is 1210. The monoisotopic (exact) mass is 393 g/mol. The zero-order chi connectivity index (χ0) is 24.1. The van der Waals surface area contributed by atoms with Gasteiger partial charge in [-0.25, -0.2) is 9.97 Å². The summed E-state index contributed by atoms with van der Waals surface area (Å²) >= 11 is 0. The Balaban J connectivity index is 1.27. The van der Waals surface area contributed by atoms with Gasteiger partial charge in [-0.05, 0) is 12.0 Å². The number of nitrogens with zero attached hydrogens (tertiary/aromatic N) is 7. The van der Waals surface area contributed by atoms with E-state index in [4.69, 9.17) is 16.9 Å². The number of pyridine rings is 1. The minimum Gasteiger partial charge on any atom is -0.481 e. The van der Waals surface area contributed by atoms with Crippen molar-refractivity contribution in [1.82, 2.24) is 30.0 Å². The number of nitriles is 1. The maximum Gasteiger partial charge on any atom is 0.212 e. The number of hydrogen-bond acceptors (Lipinski definition) is 8. The van der Waals surface area contributed by atoms with Gasteiger partial charge in [0.05, 0.1) is 41.0 Å². The number of nitrogens with one attached hydrogen (secondary N) is 1. The molecule has 2 unspecified atom stereocenters. The SMILES string of the molecule is [2H]C([2H])([2H])Oc1ccc(C([2H])([2H])N2C3CC2CN(c2cnc(-c4cn[nH]c4C#N)cn2)C3)cn1. The third kappa shape index (κ3) is 3.17. The molecule has 146 valence electrons. The van der Waals surface area contributed by atoms with Crippen molar-refractivity contribution >= 4 is 5.82 Å². The molecule has 0 aliphatic carbocycles. The van der Waals surface area contributed by atoms with Gasteiger partial charge in [0.15, 0.2) is 0 Å². The number of methoxy groups -OCH3 is 1. The first-order chi connectivity index (χ1) is 16.2. The van der Waals surface area contributed by atoms with Crippen molar-refractivity contribution in [3.05, 3.63) is 48.2 Å². The standard InChI is InChI=1S/C20H20N8O/c1-29-20-3-2-13(6-24-20)10-28-14-4-15(28)12-27(11-14)19-9-22-18(8-23-19)16-7-25-26-17(16)5-21/h2-3,6-9,14-15H,4,10-12H2,1H3,(H,25,26)/i1D3,10D2. The number of H-pyrrole nitrogens is 1. The summed E-state index contributed by atoms with van der Waals surface area (Å²) in [6, 6.07) is 4.87. The first-order valence-electron chi connectivity index (χ1n) is 11.6. The van der Waals surface area contributed by atoms with E-state index in [1.165, 1.54) is 24.5 Å². The van der Waals surface area contributed by atoms with Crippen molar-refractivity contribution in [2.75, 3.05) is 25.0 Å². The van der Waals surface area contributed by atoms with Crippen LogP contribution in [0.25, 0.3) is 11.3 Å². The maximum absolute atomic E-state index is 9.15. The Morgan fingerprint density at radius 1 is 1.24 bits per heavy atom. The Morgan fingerprint density at radius 3 is 2.83 bits per heavy atom. The van der Waals surface area contributed by atoms with E-state index in [0.717, 1.165) is 6.42 Å². The number of rotatable bonds is 5. The lowest BCUT2D eigenvalue weighted by molar-refractivity contribution is -0.00879. The van der Waals surface area contributed by atoms with Crippen LogP contribution in [-0.2, 0) is 6.50 Å². The molecule has 6 rings (SSSR count). The lowest BCUT2D eigenvalue weighted by Crippen LogP contribution is -2.68. The lowest BCUT2D eigenvalue weighted by atomic mass is 9.87. The van der Waals surface area contributed by atoms with Crippen molar-refractivity contribution in [1.29, 1.82) is 5.26 Å². The quantitative estimate of drug-likeness (QED) is 0.697. The molecule has 3 saturated heterocycles. The third-order valence-electron chi connectivity index (χ3n) is 5.28. The van der Waals surface area contributed by atoms with Crippen LogP contribution in [0, 0.1) is 11.3 Å². The highest BCUT2D eigenvalue weighted by atomic mass is 16.5. The summed E-state index contributed by atoms with van der Waals surface area (Å²) in [5.74, 6) is 0.613. The highest BCUT2D eigenvalue weighted by Gasteiger charge is 2.44. The van der Waals surface area contributed by atoms with Crippen LogP contribution in [0.2, 0.25) is 0 Å². The molecule has 0 amide bonds. The van der Waals surface area contributed by atoms with Gasteiger partial charge in [-0.3, -0.25) is 15.0 Å². The van der Waals surface area contributed by atoms with E-state index in [1.54, 1.807) is 12.4 Å². The van der Waals surface area contributed by atoms with Crippen molar-refractivity contribution in [2.24, 2.45) is 0 Å². The number of piperazine rings is 1. The number of ether oxygens (including phenoxy) is 1. The van der Waals surface area contributed by atoms with Crippen molar-refractivity contribution in [3.63, 3.8) is 0 Å². The molecule has 0 spiro atoms. The summed E-state index contributed by atoms with van der Waals surface area (Å²) < 4.78 is 43.6.